The zero-order valence-electron chi connectivity index (χ0n) is 14.3. The number of morpholine rings is 1. The van der Waals surface area contributed by atoms with E-state index in [0.29, 0.717) is 0 Å². The molecular formula is C18H30N4O. The molecule has 0 spiro atoms. The van der Waals surface area contributed by atoms with Gasteiger partial charge in [0.1, 0.15) is 6.29 Å². The van der Waals surface area contributed by atoms with Crippen molar-refractivity contribution in [2.24, 2.45) is 0 Å². The van der Waals surface area contributed by atoms with Crippen LogP contribution in [0, 0.1) is 0 Å². The van der Waals surface area contributed by atoms with Crippen LogP contribution in [0.5, 0.6) is 0 Å². The molecule has 2 fully saturated rings. The van der Waals surface area contributed by atoms with Crippen LogP contribution in [0.15, 0.2) is 24.3 Å². The van der Waals surface area contributed by atoms with Gasteiger partial charge in [0.2, 0.25) is 0 Å². The van der Waals surface area contributed by atoms with E-state index in [4.69, 9.17) is 4.74 Å². The van der Waals surface area contributed by atoms with E-state index < -0.39 is 0 Å². The Hall–Kier alpha value is -1.30. The van der Waals surface area contributed by atoms with Crippen molar-refractivity contribution in [3.05, 3.63) is 24.3 Å². The third-order valence-corrected chi connectivity index (χ3v) is 4.70. The summed E-state index contributed by atoms with van der Waals surface area (Å²) in [7, 11) is 0. The second-order valence-corrected chi connectivity index (χ2v) is 6.36. The molecule has 1 aromatic carbocycles. The van der Waals surface area contributed by atoms with Crippen LogP contribution in [0.3, 0.4) is 0 Å². The number of hydrogen-bond acceptors (Lipinski definition) is 5. The van der Waals surface area contributed by atoms with Crippen LogP contribution in [0.25, 0.3) is 0 Å². The van der Waals surface area contributed by atoms with Crippen LogP contribution in [0.1, 0.15) is 26.2 Å². The van der Waals surface area contributed by atoms with Gasteiger partial charge in [-0.05, 0) is 18.6 Å². The van der Waals surface area contributed by atoms with Gasteiger partial charge in [-0.25, -0.2) is 0 Å². The molecule has 23 heavy (non-hydrogen) atoms. The second-order valence-electron chi connectivity index (χ2n) is 6.36. The van der Waals surface area contributed by atoms with Crippen LogP contribution in [0.2, 0.25) is 0 Å². The Morgan fingerprint density at radius 3 is 2.83 bits per heavy atom. The van der Waals surface area contributed by atoms with Gasteiger partial charge >= 0.3 is 0 Å². The van der Waals surface area contributed by atoms with Crippen molar-refractivity contribution in [2.45, 2.75) is 32.5 Å². The van der Waals surface area contributed by atoms with E-state index in [9.17, 15) is 0 Å². The predicted molar refractivity (Wildman–Crippen MR) is 96.0 cm³/mol. The summed E-state index contributed by atoms with van der Waals surface area (Å²) >= 11 is 0. The molecule has 2 saturated heterocycles. The Labute approximate surface area is 140 Å². The summed E-state index contributed by atoms with van der Waals surface area (Å²) in [6.07, 6.45) is 4.11. The van der Waals surface area contributed by atoms with Gasteiger partial charge in [-0.2, -0.15) is 0 Å². The van der Waals surface area contributed by atoms with Gasteiger partial charge in [-0.3, -0.25) is 10.2 Å². The van der Waals surface area contributed by atoms with E-state index in [1.54, 1.807) is 0 Å². The summed E-state index contributed by atoms with van der Waals surface area (Å²) in [6, 6.07) is 8.64. The van der Waals surface area contributed by atoms with Crippen LogP contribution in [-0.4, -0.2) is 57.1 Å². The highest BCUT2D eigenvalue weighted by molar-refractivity contribution is 5.70. The molecule has 2 heterocycles. The molecule has 3 rings (SSSR count). The van der Waals surface area contributed by atoms with Gasteiger partial charge in [0.25, 0.3) is 0 Å². The number of hydrogen-bond donors (Lipinski definition) is 2. The molecule has 1 unspecified atom stereocenters. The minimum absolute atomic E-state index is 0.244. The summed E-state index contributed by atoms with van der Waals surface area (Å²) < 4.78 is 5.48. The smallest absolute Gasteiger partial charge is 0.135 e. The molecular weight excluding hydrogens is 288 g/mol. The number of para-hydroxylation sites is 2. The molecule has 5 nitrogen and oxygen atoms in total. The van der Waals surface area contributed by atoms with Crippen molar-refractivity contribution in [1.82, 2.24) is 10.2 Å². The SMILES string of the molecule is CCCCCN1CCNC1Nc1ccccc1N1CCOCC1. The second kappa shape index (κ2) is 8.52. The molecule has 0 radical (unpaired) electrons. The summed E-state index contributed by atoms with van der Waals surface area (Å²) in [5.74, 6) is 0. The summed E-state index contributed by atoms with van der Waals surface area (Å²) in [6.45, 7) is 9.19. The number of nitrogens with one attached hydrogen (secondary N) is 2. The molecule has 5 heteroatoms. The molecule has 128 valence electrons. The Morgan fingerprint density at radius 1 is 1.17 bits per heavy atom. The largest absolute Gasteiger partial charge is 0.378 e. The number of benzene rings is 1. The normalized spacial score (nSPS) is 22.5. The van der Waals surface area contributed by atoms with E-state index in [1.807, 2.05) is 0 Å². The lowest BCUT2D eigenvalue weighted by Crippen LogP contribution is -2.43. The van der Waals surface area contributed by atoms with Gasteiger partial charge < -0.3 is 15.0 Å². The molecule has 1 atom stereocenters. The van der Waals surface area contributed by atoms with Crippen LogP contribution >= 0.6 is 0 Å². The maximum atomic E-state index is 5.48. The first-order valence-corrected chi connectivity index (χ1v) is 9.04. The minimum Gasteiger partial charge on any atom is -0.378 e. The highest BCUT2D eigenvalue weighted by atomic mass is 16.5. The number of unbranched alkanes of at least 4 members (excludes halogenated alkanes) is 2. The van der Waals surface area contributed by atoms with Crippen molar-refractivity contribution in [2.75, 3.05) is 56.2 Å². The number of ether oxygens (including phenoxy) is 1. The van der Waals surface area contributed by atoms with Gasteiger partial charge in [0, 0.05) is 32.7 Å². The highest BCUT2D eigenvalue weighted by Gasteiger charge is 2.24. The third kappa shape index (κ3) is 4.37. The number of nitrogens with zero attached hydrogens (tertiary/aromatic N) is 2. The molecule has 1 aromatic rings. The van der Waals surface area contributed by atoms with Crippen LogP contribution < -0.4 is 15.5 Å². The first-order chi connectivity index (χ1) is 11.4. The summed E-state index contributed by atoms with van der Waals surface area (Å²) in [5.41, 5.74) is 2.51. The fourth-order valence-electron chi connectivity index (χ4n) is 3.37. The van der Waals surface area contributed by atoms with E-state index in [-0.39, 0.29) is 6.29 Å². The fourth-order valence-corrected chi connectivity index (χ4v) is 3.37. The summed E-state index contributed by atoms with van der Waals surface area (Å²) in [4.78, 5) is 4.94. The maximum absolute atomic E-state index is 5.48. The van der Waals surface area contributed by atoms with Gasteiger partial charge in [-0.1, -0.05) is 31.9 Å². The average molecular weight is 318 g/mol. The quantitative estimate of drug-likeness (QED) is 0.755. The van der Waals surface area contributed by atoms with Crippen molar-refractivity contribution < 1.29 is 4.74 Å². The molecule has 2 aliphatic rings. The molecule has 0 bridgehead atoms. The summed E-state index contributed by atoms with van der Waals surface area (Å²) in [5, 5.41) is 7.30. The van der Waals surface area contributed by atoms with E-state index >= 15 is 0 Å². The lowest BCUT2D eigenvalue weighted by molar-refractivity contribution is 0.122. The predicted octanol–water partition coefficient (Wildman–Crippen LogP) is 2.31. The average Bonchev–Trinajstić information content (AvgIpc) is 3.04. The Morgan fingerprint density at radius 2 is 2.00 bits per heavy atom. The number of rotatable bonds is 7. The Bertz CT molecular complexity index is 476. The Kier molecular flexibility index (Phi) is 6.13. The molecule has 0 saturated carbocycles. The zero-order valence-corrected chi connectivity index (χ0v) is 14.3. The minimum atomic E-state index is 0.244. The van der Waals surface area contributed by atoms with Crippen molar-refractivity contribution in [3.8, 4) is 0 Å². The molecule has 2 N–H and O–H groups in total. The first kappa shape index (κ1) is 16.6. The van der Waals surface area contributed by atoms with Gasteiger partial charge in [0.15, 0.2) is 0 Å². The Balaban J connectivity index is 1.64. The van der Waals surface area contributed by atoms with E-state index in [0.717, 1.165) is 45.9 Å². The zero-order chi connectivity index (χ0) is 15.9. The van der Waals surface area contributed by atoms with Gasteiger partial charge in [0.05, 0.1) is 24.6 Å². The van der Waals surface area contributed by atoms with Crippen LogP contribution in [-0.2, 0) is 4.74 Å². The monoisotopic (exact) mass is 318 g/mol. The maximum Gasteiger partial charge on any atom is 0.135 e. The molecule has 0 amide bonds. The first-order valence-electron chi connectivity index (χ1n) is 9.04. The van der Waals surface area contributed by atoms with Crippen molar-refractivity contribution in [3.63, 3.8) is 0 Å². The lowest BCUT2D eigenvalue weighted by Gasteiger charge is -2.32. The standard InChI is InChI=1S/C18H30N4O/c1-2-3-6-10-22-11-9-19-18(22)20-16-7-4-5-8-17(16)21-12-14-23-15-13-21/h4-5,7-8,18-20H,2-3,6,9-15H2,1H3. The van der Waals surface area contributed by atoms with Crippen molar-refractivity contribution >= 4 is 11.4 Å². The van der Waals surface area contributed by atoms with Crippen LogP contribution in [0.4, 0.5) is 11.4 Å². The van der Waals surface area contributed by atoms with E-state index in [2.05, 4.69) is 51.6 Å². The topological polar surface area (TPSA) is 39.8 Å². The van der Waals surface area contributed by atoms with Crippen molar-refractivity contribution in [1.29, 1.82) is 0 Å². The third-order valence-electron chi connectivity index (χ3n) is 4.70. The van der Waals surface area contributed by atoms with E-state index in [1.165, 1.54) is 30.6 Å². The fraction of sp³-hybridized carbons (Fsp3) is 0.667. The molecule has 2 aliphatic heterocycles. The number of anilines is 2. The highest BCUT2D eigenvalue weighted by Crippen LogP contribution is 2.27. The molecule has 0 aliphatic carbocycles. The van der Waals surface area contributed by atoms with Gasteiger partial charge in [-0.15, -0.1) is 0 Å². The molecule has 0 aromatic heterocycles. The lowest BCUT2D eigenvalue weighted by atomic mass is 10.2.